The highest BCUT2D eigenvalue weighted by atomic mass is 19.4. The number of hydrogen-bond acceptors (Lipinski definition) is 3. The largest absolute Gasteiger partial charge is 0.416 e. The number of fused-ring (bicyclic) bond motifs is 1. The predicted octanol–water partition coefficient (Wildman–Crippen LogP) is 3.73. The van der Waals surface area contributed by atoms with Crippen molar-refractivity contribution in [2.45, 2.75) is 38.4 Å². The minimum absolute atomic E-state index is 0.0568. The van der Waals surface area contributed by atoms with Crippen LogP contribution >= 0.6 is 0 Å². The average molecular weight is 418 g/mol. The third kappa shape index (κ3) is 3.56. The van der Waals surface area contributed by atoms with Crippen LogP contribution in [0.5, 0.6) is 0 Å². The van der Waals surface area contributed by atoms with Crippen molar-refractivity contribution in [1.82, 2.24) is 10.4 Å². The van der Waals surface area contributed by atoms with Gasteiger partial charge in [-0.25, -0.2) is 5.48 Å². The zero-order valence-corrected chi connectivity index (χ0v) is 16.1. The summed E-state index contributed by atoms with van der Waals surface area (Å²) in [7, 11) is 0. The standard InChI is InChI=1S/C22H21F3N2O3/c23-22(24,25)18-4-2-1-3-17(18)13-27-10-9-21(20(27)29)8-7-14-11-15(19(28)26-30)5-6-16(14)12-21/h1-6,11,30H,7-10,12-13H2,(H,26,28)/t21-/m1/s1. The molecule has 1 aliphatic heterocycles. The SMILES string of the molecule is O=C(NO)c1ccc2c(c1)CC[C@@]1(CCN(Cc3ccccc3C(F)(F)F)C1=O)C2. The number of nitrogens with zero attached hydrogens (tertiary/aromatic N) is 1. The molecule has 1 heterocycles. The third-order valence-electron chi connectivity index (χ3n) is 6.26. The number of rotatable bonds is 3. The van der Waals surface area contributed by atoms with Crippen molar-refractivity contribution in [3.63, 3.8) is 0 Å². The van der Waals surface area contributed by atoms with Crippen molar-refractivity contribution in [2.75, 3.05) is 6.54 Å². The molecule has 1 fully saturated rings. The van der Waals surface area contributed by atoms with Gasteiger partial charge < -0.3 is 4.90 Å². The van der Waals surface area contributed by atoms with E-state index >= 15 is 0 Å². The lowest BCUT2D eigenvalue weighted by atomic mass is 9.70. The summed E-state index contributed by atoms with van der Waals surface area (Å²) in [4.78, 5) is 26.4. The van der Waals surface area contributed by atoms with Gasteiger partial charge in [0.2, 0.25) is 5.91 Å². The fourth-order valence-electron chi connectivity index (χ4n) is 4.64. The van der Waals surface area contributed by atoms with Gasteiger partial charge >= 0.3 is 6.18 Å². The molecule has 2 N–H and O–H groups in total. The molecule has 0 radical (unpaired) electrons. The van der Waals surface area contributed by atoms with E-state index in [2.05, 4.69) is 0 Å². The van der Waals surface area contributed by atoms with E-state index in [0.717, 1.165) is 17.2 Å². The van der Waals surface area contributed by atoms with Gasteiger partial charge in [0.05, 0.1) is 11.0 Å². The first-order valence-corrected chi connectivity index (χ1v) is 9.74. The fraction of sp³-hybridized carbons (Fsp3) is 0.364. The molecule has 2 aromatic rings. The molecule has 4 rings (SSSR count). The Morgan fingerprint density at radius 3 is 2.63 bits per heavy atom. The number of halogens is 3. The summed E-state index contributed by atoms with van der Waals surface area (Å²) in [5.74, 6) is -0.702. The van der Waals surface area contributed by atoms with Gasteiger partial charge in [0, 0.05) is 18.7 Å². The number of amides is 2. The lowest BCUT2D eigenvalue weighted by Gasteiger charge is -2.33. The summed E-state index contributed by atoms with van der Waals surface area (Å²) in [6.45, 7) is 0.365. The van der Waals surface area contributed by atoms with Crippen LogP contribution in [0, 0.1) is 5.41 Å². The molecule has 2 aliphatic rings. The summed E-state index contributed by atoms with van der Waals surface area (Å²) in [6.07, 6.45) is -2.18. The van der Waals surface area contributed by atoms with Crippen molar-refractivity contribution in [3.8, 4) is 0 Å². The van der Waals surface area contributed by atoms with Crippen molar-refractivity contribution >= 4 is 11.8 Å². The van der Waals surface area contributed by atoms with Gasteiger partial charge in [0.1, 0.15) is 0 Å². The number of nitrogens with one attached hydrogen (secondary N) is 1. The van der Waals surface area contributed by atoms with Crippen molar-refractivity contribution < 1.29 is 28.0 Å². The zero-order chi connectivity index (χ0) is 21.5. The van der Waals surface area contributed by atoms with Gasteiger partial charge in [-0.3, -0.25) is 14.8 Å². The van der Waals surface area contributed by atoms with Crippen LogP contribution in [0.1, 0.15) is 45.5 Å². The summed E-state index contributed by atoms with van der Waals surface area (Å²) in [5, 5.41) is 8.79. The summed E-state index contributed by atoms with van der Waals surface area (Å²) in [5.41, 5.74) is 2.65. The Kier molecular flexibility index (Phi) is 5.05. The van der Waals surface area contributed by atoms with E-state index in [4.69, 9.17) is 5.21 Å². The van der Waals surface area contributed by atoms with Crippen LogP contribution in [0.4, 0.5) is 13.2 Å². The number of hydrogen-bond donors (Lipinski definition) is 2. The van der Waals surface area contributed by atoms with Crippen LogP contribution < -0.4 is 5.48 Å². The molecule has 1 spiro atoms. The highest BCUT2D eigenvalue weighted by molar-refractivity contribution is 5.93. The van der Waals surface area contributed by atoms with E-state index < -0.39 is 23.1 Å². The number of carbonyl (C=O) groups is 2. The lowest BCUT2D eigenvalue weighted by Crippen LogP contribution is -2.38. The van der Waals surface area contributed by atoms with Gasteiger partial charge in [-0.2, -0.15) is 13.2 Å². The predicted molar refractivity (Wildman–Crippen MR) is 102 cm³/mol. The summed E-state index contributed by atoms with van der Waals surface area (Å²) < 4.78 is 39.9. The quantitative estimate of drug-likeness (QED) is 0.590. The average Bonchev–Trinajstić information content (AvgIpc) is 3.02. The molecule has 1 aliphatic carbocycles. The topological polar surface area (TPSA) is 69.6 Å². The molecule has 5 nitrogen and oxygen atoms in total. The molecule has 30 heavy (non-hydrogen) atoms. The monoisotopic (exact) mass is 418 g/mol. The molecule has 0 aromatic heterocycles. The molecule has 1 saturated heterocycles. The van der Waals surface area contributed by atoms with Gasteiger partial charge in [0.15, 0.2) is 0 Å². The smallest absolute Gasteiger partial charge is 0.338 e. The molecule has 1 atom stereocenters. The molecule has 0 unspecified atom stereocenters. The first-order valence-electron chi connectivity index (χ1n) is 9.74. The Morgan fingerprint density at radius 1 is 1.13 bits per heavy atom. The number of likely N-dealkylation sites (tertiary alicyclic amines) is 1. The van der Waals surface area contributed by atoms with E-state index in [1.165, 1.54) is 17.0 Å². The number of alkyl halides is 3. The summed E-state index contributed by atoms with van der Waals surface area (Å²) >= 11 is 0. The molecular weight excluding hydrogens is 397 g/mol. The number of aryl methyl sites for hydroxylation is 1. The maximum atomic E-state index is 13.3. The van der Waals surface area contributed by atoms with Gasteiger partial charge in [0.25, 0.3) is 5.91 Å². The molecule has 158 valence electrons. The van der Waals surface area contributed by atoms with Crippen LogP contribution in [-0.2, 0) is 30.4 Å². The van der Waals surface area contributed by atoms with E-state index in [1.54, 1.807) is 29.7 Å². The Hall–Kier alpha value is -2.87. The van der Waals surface area contributed by atoms with Crippen molar-refractivity contribution in [1.29, 1.82) is 0 Å². The first kappa shape index (κ1) is 20.4. The normalized spacial score (nSPS) is 21.1. The minimum atomic E-state index is -4.46. The molecule has 0 saturated carbocycles. The van der Waals surface area contributed by atoms with E-state index in [1.807, 2.05) is 0 Å². The Labute approximate surface area is 171 Å². The Morgan fingerprint density at radius 2 is 1.90 bits per heavy atom. The molecule has 8 heteroatoms. The van der Waals surface area contributed by atoms with Crippen LogP contribution in [0.3, 0.4) is 0 Å². The first-order chi connectivity index (χ1) is 14.2. The fourth-order valence-corrected chi connectivity index (χ4v) is 4.64. The molecule has 0 bridgehead atoms. The second-order valence-corrected chi connectivity index (χ2v) is 8.01. The van der Waals surface area contributed by atoms with E-state index in [9.17, 15) is 22.8 Å². The van der Waals surface area contributed by atoms with Gasteiger partial charge in [-0.15, -0.1) is 0 Å². The maximum absolute atomic E-state index is 13.3. The maximum Gasteiger partial charge on any atom is 0.416 e. The van der Waals surface area contributed by atoms with Gasteiger partial charge in [-0.05, 0) is 60.6 Å². The molecular formula is C22H21F3N2O3. The van der Waals surface area contributed by atoms with Crippen molar-refractivity contribution in [3.05, 3.63) is 70.3 Å². The van der Waals surface area contributed by atoms with E-state index in [0.29, 0.717) is 37.8 Å². The second-order valence-electron chi connectivity index (χ2n) is 8.01. The third-order valence-corrected chi connectivity index (χ3v) is 6.26. The van der Waals surface area contributed by atoms with Gasteiger partial charge in [-0.1, -0.05) is 24.3 Å². The van der Waals surface area contributed by atoms with Crippen molar-refractivity contribution in [2.24, 2.45) is 5.41 Å². The molecule has 2 amide bonds. The van der Waals surface area contributed by atoms with E-state index in [-0.39, 0.29) is 18.0 Å². The van der Waals surface area contributed by atoms with Crippen LogP contribution in [0.15, 0.2) is 42.5 Å². The number of hydroxylamine groups is 1. The Balaban J connectivity index is 1.54. The van der Waals surface area contributed by atoms with Crippen LogP contribution in [0.2, 0.25) is 0 Å². The number of benzene rings is 2. The van der Waals surface area contributed by atoms with Crippen LogP contribution in [0.25, 0.3) is 0 Å². The minimum Gasteiger partial charge on any atom is -0.338 e. The summed E-state index contributed by atoms with van der Waals surface area (Å²) in [6, 6.07) is 10.5. The highest BCUT2D eigenvalue weighted by Gasteiger charge is 2.48. The lowest BCUT2D eigenvalue weighted by molar-refractivity contribution is -0.141. The number of carbonyl (C=O) groups excluding carboxylic acids is 2. The second kappa shape index (κ2) is 7.43. The van der Waals surface area contributed by atoms with Crippen LogP contribution in [-0.4, -0.2) is 28.5 Å². The highest BCUT2D eigenvalue weighted by Crippen LogP contribution is 2.44. The Bertz CT molecular complexity index is 1010. The zero-order valence-electron chi connectivity index (χ0n) is 16.1. The molecule has 2 aromatic carbocycles.